The van der Waals surface area contributed by atoms with Crippen molar-refractivity contribution in [2.45, 2.75) is 50.2 Å². The SMILES string of the molecule is CCOC(=O)Nc1ccccc1CC[C@]12CCC3=Cc4c(cnn4-c4ccc(F)cc4)CC31O2. The van der Waals surface area contributed by atoms with Gasteiger partial charge in [-0.05, 0) is 80.2 Å². The van der Waals surface area contributed by atoms with E-state index in [9.17, 15) is 9.18 Å². The minimum absolute atomic E-state index is 0.175. The Morgan fingerprint density at radius 1 is 1.24 bits per heavy atom. The van der Waals surface area contributed by atoms with Crippen LogP contribution >= 0.6 is 0 Å². The van der Waals surface area contributed by atoms with Gasteiger partial charge in [0.2, 0.25) is 0 Å². The van der Waals surface area contributed by atoms with Gasteiger partial charge in [0.15, 0.2) is 0 Å². The molecule has 34 heavy (non-hydrogen) atoms. The summed E-state index contributed by atoms with van der Waals surface area (Å²) >= 11 is 0. The molecular formula is C27H26FN3O3. The second-order valence-corrected chi connectivity index (χ2v) is 9.22. The van der Waals surface area contributed by atoms with Crippen molar-refractivity contribution in [2.24, 2.45) is 0 Å². The summed E-state index contributed by atoms with van der Waals surface area (Å²) in [6, 6.07) is 14.3. The maximum Gasteiger partial charge on any atom is 0.411 e. The number of carbonyl (C=O) groups excluding carboxylic acids is 1. The second kappa shape index (κ2) is 7.81. The molecule has 0 radical (unpaired) electrons. The van der Waals surface area contributed by atoms with E-state index in [0.29, 0.717) is 6.61 Å². The Hall–Kier alpha value is -3.45. The van der Waals surface area contributed by atoms with Crippen LogP contribution in [0, 0.1) is 5.82 Å². The third-order valence-corrected chi connectivity index (χ3v) is 7.42. The van der Waals surface area contributed by atoms with Crippen LogP contribution in [0.4, 0.5) is 14.9 Å². The van der Waals surface area contributed by atoms with Gasteiger partial charge in [-0.15, -0.1) is 0 Å². The minimum Gasteiger partial charge on any atom is -0.450 e. The standard InChI is InChI=1S/C27H26FN3O3/c1-2-33-25(32)30-23-6-4-3-5-18(23)11-13-26-14-12-20-15-24-19(16-27(20,26)34-26)17-29-31(24)22-9-7-21(28)8-10-22/h3-10,15,17H,2,11-14,16H2,1H3,(H,30,32)/t26-,27?/m0/s1. The maximum atomic E-state index is 13.4. The van der Waals surface area contributed by atoms with Gasteiger partial charge in [-0.25, -0.2) is 13.9 Å². The number of benzene rings is 2. The second-order valence-electron chi connectivity index (χ2n) is 9.22. The number of epoxide rings is 1. The number of hydrogen-bond acceptors (Lipinski definition) is 4. The largest absolute Gasteiger partial charge is 0.450 e. The number of aryl methyl sites for hydroxylation is 1. The first-order valence-electron chi connectivity index (χ1n) is 11.8. The van der Waals surface area contributed by atoms with Gasteiger partial charge in [0.1, 0.15) is 17.0 Å². The Bertz CT molecular complexity index is 1300. The van der Waals surface area contributed by atoms with Crippen LogP contribution in [-0.4, -0.2) is 33.7 Å². The quantitative estimate of drug-likeness (QED) is 0.498. The molecule has 1 spiro atoms. The molecular weight excluding hydrogens is 433 g/mol. The van der Waals surface area contributed by atoms with E-state index >= 15 is 0 Å². The third kappa shape index (κ3) is 3.26. The summed E-state index contributed by atoms with van der Waals surface area (Å²) in [6.07, 6.45) is 8.17. The maximum absolute atomic E-state index is 13.4. The lowest BCUT2D eigenvalue weighted by atomic mass is 9.81. The molecule has 2 aromatic carbocycles. The number of halogens is 1. The average Bonchev–Trinajstić information content (AvgIpc) is 3.10. The number of ether oxygens (including phenoxy) is 2. The number of aromatic nitrogens is 2. The molecule has 2 heterocycles. The molecule has 0 bridgehead atoms. The summed E-state index contributed by atoms with van der Waals surface area (Å²) in [5.41, 5.74) is 5.82. The zero-order chi connectivity index (χ0) is 23.3. The summed E-state index contributed by atoms with van der Waals surface area (Å²) < 4.78 is 26.8. The zero-order valence-corrected chi connectivity index (χ0v) is 19.0. The number of rotatable bonds is 6. The molecule has 2 atom stereocenters. The molecule has 3 aromatic rings. The molecule has 1 N–H and O–H groups in total. The van der Waals surface area contributed by atoms with Crippen molar-refractivity contribution in [3.8, 4) is 5.69 Å². The number of fused-ring (bicyclic) bond motifs is 1. The number of para-hydroxylation sites is 1. The van der Waals surface area contributed by atoms with Crippen LogP contribution in [0.3, 0.4) is 0 Å². The van der Waals surface area contributed by atoms with Crippen LogP contribution in [-0.2, 0) is 22.3 Å². The molecule has 2 fully saturated rings. The fourth-order valence-electron chi connectivity index (χ4n) is 5.71. The monoisotopic (exact) mass is 459 g/mol. The zero-order valence-electron chi connectivity index (χ0n) is 19.0. The van der Waals surface area contributed by atoms with Gasteiger partial charge in [-0.1, -0.05) is 18.2 Å². The van der Waals surface area contributed by atoms with Crippen LogP contribution in [0.1, 0.15) is 43.0 Å². The Labute approximate surface area is 197 Å². The Morgan fingerprint density at radius 3 is 2.88 bits per heavy atom. The number of amides is 1. The summed E-state index contributed by atoms with van der Waals surface area (Å²) in [6.45, 7) is 2.13. The summed E-state index contributed by atoms with van der Waals surface area (Å²) in [5, 5.41) is 7.44. The van der Waals surface area contributed by atoms with Crippen LogP contribution < -0.4 is 5.32 Å². The van der Waals surface area contributed by atoms with Crippen molar-refractivity contribution in [3.63, 3.8) is 0 Å². The van der Waals surface area contributed by atoms with Crippen LogP contribution in [0.25, 0.3) is 11.8 Å². The molecule has 1 aromatic heterocycles. The Kier molecular flexibility index (Phi) is 4.85. The van der Waals surface area contributed by atoms with Crippen molar-refractivity contribution < 1.29 is 18.7 Å². The van der Waals surface area contributed by atoms with Crippen molar-refractivity contribution in [1.29, 1.82) is 0 Å². The molecule has 174 valence electrons. The summed E-state index contributed by atoms with van der Waals surface area (Å²) in [7, 11) is 0. The Balaban J connectivity index is 1.21. The van der Waals surface area contributed by atoms with E-state index in [1.54, 1.807) is 19.1 Å². The highest BCUT2D eigenvalue weighted by atomic mass is 19.1. The molecule has 6 nitrogen and oxygen atoms in total. The average molecular weight is 460 g/mol. The van der Waals surface area contributed by atoms with Crippen molar-refractivity contribution in [2.75, 3.05) is 11.9 Å². The molecule has 7 heteroatoms. The first-order chi connectivity index (χ1) is 16.5. The van der Waals surface area contributed by atoms with E-state index in [4.69, 9.17) is 9.47 Å². The molecule has 1 saturated heterocycles. The van der Waals surface area contributed by atoms with Crippen LogP contribution in [0.15, 0.2) is 60.3 Å². The smallest absolute Gasteiger partial charge is 0.411 e. The lowest BCUT2D eigenvalue weighted by molar-refractivity contribution is 0.168. The topological polar surface area (TPSA) is 68.7 Å². The van der Waals surface area contributed by atoms with E-state index in [-0.39, 0.29) is 17.0 Å². The molecule has 1 amide bonds. The molecule has 1 saturated carbocycles. The highest BCUT2D eigenvalue weighted by molar-refractivity contribution is 5.85. The number of nitrogens with zero attached hydrogens (tertiary/aromatic N) is 2. The van der Waals surface area contributed by atoms with E-state index in [0.717, 1.165) is 60.3 Å². The summed E-state index contributed by atoms with van der Waals surface area (Å²) in [4.78, 5) is 11.9. The fourth-order valence-corrected chi connectivity index (χ4v) is 5.71. The molecule has 3 aliphatic rings. The van der Waals surface area contributed by atoms with Crippen molar-refractivity contribution in [1.82, 2.24) is 9.78 Å². The lowest BCUT2D eigenvalue weighted by Crippen LogP contribution is -2.27. The Morgan fingerprint density at radius 2 is 2.06 bits per heavy atom. The van der Waals surface area contributed by atoms with E-state index < -0.39 is 6.09 Å². The van der Waals surface area contributed by atoms with E-state index in [1.165, 1.54) is 17.7 Å². The van der Waals surface area contributed by atoms with Crippen LogP contribution in [0.2, 0.25) is 0 Å². The molecule has 1 aliphatic heterocycles. The van der Waals surface area contributed by atoms with Gasteiger partial charge in [-0.2, -0.15) is 5.10 Å². The lowest BCUT2D eigenvalue weighted by Gasteiger charge is -2.20. The van der Waals surface area contributed by atoms with Crippen LogP contribution in [0.5, 0.6) is 0 Å². The fraction of sp³-hybridized carbons (Fsp3) is 0.333. The highest BCUT2D eigenvalue weighted by Crippen LogP contribution is 2.67. The van der Waals surface area contributed by atoms with E-state index in [2.05, 4.69) is 16.5 Å². The molecule has 2 aliphatic carbocycles. The first kappa shape index (κ1) is 21.1. The van der Waals surface area contributed by atoms with Gasteiger partial charge < -0.3 is 9.47 Å². The van der Waals surface area contributed by atoms with E-state index in [1.807, 2.05) is 35.1 Å². The van der Waals surface area contributed by atoms with Gasteiger partial charge in [0.05, 0.1) is 24.2 Å². The predicted molar refractivity (Wildman–Crippen MR) is 126 cm³/mol. The van der Waals surface area contributed by atoms with Crippen molar-refractivity contribution in [3.05, 3.63) is 82.9 Å². The predicted octanol–water partition coefficient (Wildman–Crippen LogP) is 5.45. The number of carbonyl (C=O) groups is 1. The van der Waals surface area contributed by atoms with Crippen molar-refractivity contribution >= 4 is 17.9 Å². The third-order valence-electron chi connectivity index (χ3n) is 7.42. The van der Waals surface area contributed by atoms with Gasteiger partial charge in [0.25, 0.3) is 0 Å². The summed E-state index contributed by atoms with van der Waals surface area (Å²) in [5.74, 6) is -0.256. The highest BCUT2D eigenvalue weighted by Gasteiger charge is 2.74. The van der Waals surface area contributed by atoms with Gasteiger partial charge in [0, 0.05) is 17.7 Å². The normalized spacial score (nSPS) is 24.0. The number of hydrogen-bond donors (Lipinski definition) is 1. The minimum atomic E-state index is -0.434. The van der Waals surface area contributed by atoms with Gasteiger partial charge >= 0.3 is 6.09 Å². The molecule has 1 unspecified atom stereocenters. The first-order valence-corrected chi connectivity index (χ1v) is 11.8. The number of nitrogens with one attached hydrogen (secondary N) is 1. The van der Waals surface area contributed by atoms with Gasteiger partial charge in [-0.3, -0.25) is 5.32 Å². The number of anilines is 1. The molecule has 6 rings (SSSR count).